The zero-order valence-corrected chi connectivity index (χ0v) is 10.7. The van der Waals surface area contributed by atoms with Crippen molar-refractivity contribution >= 4 is 19.7 Å². The maximum atomic E-state index is 10.7. The van der Waals surface area contributed by atoms with Gasteiger partial charge in [0.15, 0.2) is 0 Å². The van der Waals surface area contributed by atoms with Crippen LogP contribution in [0.2, 0.25) is 0 Å². The fourth-order valence-electron chi connectivity index (χ4n) is 1.46. The van der Waals surface area contributed by atoms with Gasteiger partial charge in [-0.05, 0) is 38.0 Å². The Morgan fingerprint density at radius 1 is 1.40 bits per heavy atom. The van der Waals surface area contributed by atoms with Crippen LogP contribution in [-0.2, 0) is 13.8 Å². The lowest BCUT2D eigenvalue weighted by Crippen LogP contribution is -2.22. The predicted molar refractivity (Wildman–Crippen MR) is 61.6 cm³/mol. The molecule has 1 aliphatic carbocycles. The highest BCUT2D eigenvalue weighted by molar-refractivity contribution is 8.13. The Morgan fingerprint density at radius 3 is 2.53 bits per heavy atom. The van der Waals surface area contributed by atoms with Crippen LogP contribution < -0.4 is 0 Å². The van der Waals surface area contributed by atoms with Crippen LogP contribution in [0.5, 0.6) is 0 Å². The van der Waals surface area contributed by atoms with Crippen LogP contribution in [0.4, 0.5) is 0 Å². The van der Waals surface area contributed by atoms with Gasteiger partial charge in [-0.25, -0.2) is 8.42 Å². The Hall–Kier alpha value is 0.200. The van der Waals surface area contributed by atoms with Gasteiger partial charge in [-0.1, -0.05) is 6.92 Å². The first-order valence-corrected chi connectivity index (χ1v) is 7.99. The van der Waals surface area contributed by atoms with Gasteiger partial charge in [0.1, 0.15) is 0 Å². The lowest BCUT2D eigenvalue weighted by atomic mass is 9.96. The van der Waals surface area contributed by atoms with Crippen LogP contribution >= 0.6 is 10.7 Å². The SMILES string of the molecule is CC(CCOC1CCC1)CCS(=O)(=O)Cl. The molecule has 90 valence electrons. The largest absolute Gasteiger partial charge is 0.378 e. The standard InChI is InChI=1S/C10H19ClO3S/c1-9(6-8-15(11,12)13)5-7-14-10-3-2-4-10/h9-10H,2-8H2,1H3. The van der Waals surface area contributed by atoms with Crippen molar-refractivity contribution in [3.63, 3.8) is 0 Å². The van der Waals surface area contributed by atoms with Gasteiger partial charge in [-0.2, -0.15) is 0 Å². The van der Waals surface area contributed by atoms with Crippen LogP contribution in [-0.4, -0.2) is 26.9 Å². The number of rotatable bonds is 7. The van der Waals surface area contributed by atoms with E-state index in [0.717, 1.165) is 13.0 Å². The number of ether oxygens (including phenoxy) is 1. The first-order valence-electron chi connectivity index (χ1n) is 5.51. The maximum Gasteiger partial charge on any atom is 0.232 e. The molecule has 0 aliphatic heterocycles. The normalized spacial score (nSPS) is 19.9. The summed E-state index contributed by atoms with van der Waals surface area (Å²) in [5.41, 5.74) is 0. The fourth-order valence-corrected chi connectivity index (χ4v) is 2.41. The van der Waals surface area contributed by atoms with Gasteiger partial charge in [0, 0.05) is 17.3 Å². The van der Waals surface area contributed by atoms with Gasteiger partial charge in [0.25, 0.3) is 0 Å². The van der Waals surface area contributed by atoms with E-state index in [1.165, 1.54) is 19.3 Å². The Labute approximate surface area is 96.6 Å². The van der Waals surface area contributed by atoms with Gasteiger partial charge in [-0.3, -0.25) is 0 Å². The molecule has 1 saturated carbocycles. The van der Waals surface area contributed by atoms with Crippen molar-refractivity contribution in [1.29, 1.82) is 0 Å². The van der Waals surface area contributed by atoms with E-state index in [4.69, 9.17) is 15.4 Å². The van der Waals surface area contributed by atoms with Crippen LogP contribution in [0.3, 0.4) is 0 Å². The summed E-state index contributed by atoms with van der Waals surface area (Å²) < 4.78 is 27.0. The van der Waals surface area contributed by atoms with E-state index in [1.807, 2.05) is 6.92 Å². The average Bonchev–Trinajstić information content (AvgIpc) is 2.04. The zero-order valence-electron chi connectivity index (χ0n) is 9.12. The van der Waals surface area contributed by atoms with Crippen molar-refractivity contribution in [2.75, 3.05) is 12.4 Å². The first-order chi connectivity index (χ1) is 6.97. The summed E-state index contributed by atoms with van der Waals surface area (Å²) >= 11 is 0. The molecule has 0 aromatic rings. The van der Waals surface area contributed by atoms with E-state index in [1.54, 1.807) is 0 Å². The summed E-state index contributed by atoms with van der Waals surface area (Å²) in [6, 6.07) is 0. The molecule has 1 fully saturated rings. The summed E-state index contributed by atoms with van der Waals surface area (Å²) in [6.45, 7) is 2.78. The molecule has 3 nitrogen and oxygen atoms in total. The van der Waals surface area contributed by atoms with Crippen molar-refractivity contribution in [1.82, 2.24) is 0 Å². The molecular formula is C10H19ClO3S. The van der Waals surface area contributed by atoms with Crippen LogP contribution in [0.15, 0.2) is 0 Å². The topological polar surface area (TPSA) is 43.4 Å². The number of hydrogen-bond donors (Lipinski definition) is 0. The van der Waals surface area contributed by atoms with Crippen molar-refractivity contribution < 1.29 is 13.2 Å². The molecular weight excluding hydrogens is 236 g/mol. The molecule has 0 bridgehead atoms. The van der Waals surface area contributed by atoms with Gasteiger partial charge in [0.05, 0.1) is 11.9 Å². The second kappa shape index (κ2) is 6.06. The summed E-state index contributed by atoms with van der Waals surface area (Å²) in [4.78, 5) is 0. The summed E-state index contributed by atoms with van der Waals surface area (Å²) in [5.74, 6) is 0.428. The van der Waals surface area contributed by atoms with E-state index in [-0.39, 0.29) is 5.75 Å². The van der Waals surface area contributed by atoms with Crippen molar-refractivity contribution in [3.05, 3.63) is 0 Å². The minimum atomic E-state index is -3.32. The monoisotopic (exact) mass is 254 g/mol. The quantitative estimate of drug-likeness (QED) is 0.656. The minimum absolute atomic E-state index is 0.0686. The summed E-state index contributed by atoms with van der Waals surface area (Å²) in [5, 5.41) is 0. The smallest absolute Gasteiger partial charge is 0.232 e. The zero-order chi connectivity index (χ0) is 11.3. The Balaban J connectivity index is 2.00. The van der Waals surface area contributed by atoms with Crippen molar-refractivity contribution in [2.45, 2.75) is 45.1 Å². The average molecular weight is 255 g/mol. The van der Waals surface area contributed by atoms with Crippen LogP contribution in [0.25, 0.3) is 0 Å². The third kappa shape index (κ3) is 6.38. The van der Waals surface area contributed by atoms with E-state index in [9.17, 15) is 8.42 Å². The second-order valence-corrected chi connectivity index (χ2v) is 7.25. The highest BCUT2D eigenvalue weighted by Gasteiger charge is 2.18. The van der Waals surface area contributed by atoms with E-state index < -0.39 is 9.05 Å². The molecule has 0 amide bonds. The predicted octanol–water partition coefficient (Wildman–Crippen LogP) is 2.54. The molecule has 5 heteroatoms. The van der Waals surface area contributed by atoms with Gasteiger partial charge >= 0.3 is 0 Å². The lowest BCUT2D eigenvalue weighted by Gasteiger charge is -2.26. The van der Waals surface area contributed by atoms with E-state index in [2.05, 4.69) is 0 Å². The molecule has 0 aromatic heterocycles. The lowest BCUT2D eigenvalue weighted by molar-refractivity contribution is -0.00301. The molecule has 15 heavy (non-hydrogen) atoms. The van der Waals surface area contributed by atoms with E-state index >= 15 is 0 Å². The van der Waals surface area contributed by atoms with Crippen molar-refractivity contribution in [2.24, 2.45) is 5.92 Å². The van der Waals surface area contributed by atoms with Gasteiger partial charge < -0.3 is 4.74 Å². The molecule has 1 unspecified atom stereocenters. The second-order valence-electron chi connectivity index (χ2n) is 4.35. The molecule has 0 aromatic carbocycles. The third-order valence-electron chi connectivity index (χ3n) is 2.87. The fraction of sp³-hybridized carbons (Fsp3) is 1.00. The first kappa shape index (κ1) is 13.3. The Bertz CT molecular complexity index is 272. The highest BCUT2D eigenvalue weighted by atomic mass is 35.7. The Kier molecular flexibility index (Phi) is 5.36. The minimum Gasteiger partial charge on any atom is -0.378 e. The van der Waals surface area contributed by atoms with Gasteiger partial charge in [-0.15, -0.1) is 0 Å². The van der Waals surface area contributed by atoms with Crippen LogP contribution in [0.1, 0.15) is 39.0 Å². The Morgan fingerprint density at radius 2 is 2.07 bits per heavy atom. The van der Waals surface area contributed by atoms with Crippen LogP contribution in [0, 0.1) is 5.92 Å². The molecule has 1 atom stereocenters. The molecule has 0 saturated heterocycles. The maximum absolute atomic E-state index is 10.7. The number of halogens is 1. The molecule has 0 spiro atoms. The summed E-state index contributed by atoms with van der Waals surface area (Å²) in [7, 11) is 1.81. The molecule has 0 radical (unpaired) electrons. The molecule has 1 rings (SSSR count). The number of hydrogen-bond acceptors (Lipinski definition) is 3. The molecule has 0 heterocycles. The van der Waals surface area contributed by atoms with Crippen molar-refractivity contribution in [3.8, 4) is 0 Å². The summed E-state index contributed by atoms with van der Waals surface area (Å²) in [6.07, 6.45) is 5.66. The van der Waals surface area contributed by atoms with Gasteiger partial charge in [0.2, 0.25) is 9.05 Å². The highest BCUT2D eigenvalue weighted by Crippen LogP contribution is 2.22. The molecule has 0 N–H and O–H groups in total. The molecule has 1 aliphatic rings. The van der Waals surface area contributed by atoms with E-state index in [0.29, 0.717) is 18.4 Å². The third-order valence-corrected chi connectivity index (χ3v) is 4.06.